The van der Waals surface area contributed by atoms with Gasteiger partial charge in [0.2, 0.25) is 0 Å². The van der Waals surface area contributed by atoms with E-state index in [1.54, 1.807) is 16.6 Å². The van der Waals surface area contributed by atoms with Crippen LogP contribution < -0.4 is 10.2 Å². The summed E-state index contributed by atoms with van der Waals surface area (Å²) in [5.41, 5.74) is 1.45. The second-order valence-corrected chi connectivity index (χ2v) is 8.64. The lowest BCUT2D eigenvalue weighted by molar-refractivity contribution is 0.354. The zero-order valence-corrected chi connectivity index (χ0v) is 18.2. The molecule has 0 unspecified atom stereocenters. The van der Waals surface area contributed by atoms with Crippen molar-refractivity contribution < 1.29 is 4.39 Å². The van der Waals surface area contributed by atoms with Gasteiger partial charge < -0.3 is 15.1 Å². The highest BCUT2D eigenvalue weighted by atomic mass is 32.1. The molecule has 2 fully saturated rings. The largest absolute Gasteiger partial charge is 0.360 e. The van der Waals surface area contributed by atoms with Crippen LogP contribution in [-0.2, 0) is 0 Å². The number of thiocarbonyl (C=S) groups is 1. The van der Waals surface area contributed by atoms with Crippen LogP contribution in [0.3, 0.4) is 0 Å². The number of benzene rings is 1. The number of halogens is 1. The molecule has 3 aromatic rings. The number of rotatable bonds is 3. The van der Waals surface area contributed by atoms with Crippen molar-refractivity contribution in [2.75, 3.05) is 31.1 Å². The first-order valence-electron chi connectivity index (χ1n) is 11.0. The Morgan fingerprint density at radius 3 is 2.42 bits per heavy atom. The Hall–Kier alpha value is -2.81. The van der Waals surface area contributed by atoms with Crippen molar-refractivity contribution in [2.24, 2.45) is 0 Å². The Bertz CT molecular complexity index is 1050. The van der Waals surface area contributed by atoms with Crippen LogP contribution in [0.25, 0.3) is 17.0 Å². The van der Waals surface area contributed by atoms with E-state index < -0.39 is 0 Å². The van der Waals surface area contributed by atoms with Crippen molar-refractivity contribution >= 4 is 28.8 Å². The fourth-order valence-corrected chi connectivity index (χ4v) is 4.73. The van der Waals surface area contributed by atoms with Crippen LogP contribution in [0.4, 0.5) is 10.2 Å². The first-order valence-corrected chi connectivity index (χ1v) is 11.4. The molecular weight excluding hydrogens is 413 g/mol. The smallest absolute Gasteiger partial charge is 0.185 e. The summed E-state index contributed by atoms with van der Waals surface area (Å²) in [6.07, 6.45) is 6.38. The summed E-state index contributed by atoms with van der Waals surface area (Å²) in [7, 11) is 0. The van der Waals surface area contributed by atoms with E-state index in [1.807, 2.05) is 12.1 Å². The van der Waals surface area contributed by atoms with Gasteiger partial charge in [0.15, 0.2) is 16.6 Å². The summed E-state index contributed by atoms with van der Waals surface area (Å²) in [4.78, 5) is 4.52. The van der Waals surface area contributed by atoms with Crippen LogP contribution in [0.15, 0.2) is 36.4 Å². The maximum Gasteiger partial charge on any atom is 0.185 e. The van der Waals surface area contributed by atoms with Crippen molar-refractivity contribution in [1.29, 1.82) is 0 Å². The van der Waals surface area contributed by atoms with Crippen LogP contribution in [0.2, 0.25) is 0 Å². The Kier molecular flexibility index (Phi) is 5.67. The van der Waals surface area contributed by atoms with E-state index in [0.717, 1.165) is 42.7 Å². The van der Waals surface area contributed by atoms with E-state index in [0.29, 0.717) is 17.5 Å². The van der Waals surface area contributed by atoms with Gasteiger partial charge >= 0.3 is 0 Å². The van der Waals surface area contributed by atoms with Crippen LogP contribution >= 0.6 is 12.2 Å². The molecule has 2 aromatic heterocycles. The monoisotopic (exact) mass is 439 g/mol. The Balaban J connectivity index is 1.27. The molecule has 2 aliphatic rings. The highest BCUT2D eigenvalue weighted by Gasteiger charge is 2.23. The quantitative estimate of drug-likeness (QED) is 0.629. The molecule has 0 amide bonds. The van der Waals surface area contributed by atoms with E-state index in [1.165, 1.54) is 44.2 Å². The summed E-state index contributed by atoms with van der Waals surface area (Å²) in [5.74, 6) is 1.20. The molecule has 1 saturated carbocycles. The lowest BCUT2D eigenvalue weighted by Gasteiger charge is -2.38. The number of nitrogens with one attached hydrogen (secondary N) is 1. The van der Waals surface area contributed by atoms with E-state index >= 15 is 0 Å². The predicted octanol–water partition coefficient (Wildman–Crippen LogP) is 3.26. The third kappa shape index (κ3) is 4.32. The summed E-state index contributed by atoms with van der Waals surface area (Å²) in [6, 6.07) is 10.7. The molecule has 162 valence electrons. The Labute approximate surface area is 186 Å². The Morgan fingerprint density at radius 1 is 0.935 bits per heavy atom. The van der Waals surface area contributed by atoms with Crippen LogP contribution in [0.5, 0.6) is 0 Å². The van der Waals surface area contributed by atoms with Gasteiger partial charge in [0.05, 0.1) is 0 Å². The molecule has 1 saturated heterocycles. The van der Waals surface area contributed by atoms with Crippen LogP contribution in [0, 0.1) is 5.82 Å². The molecule has 3 heterocycles. The third-order valence-electron chi connectivity index (χ3n) is 6.17. The fraction of sp³-hybridized carbons (Fsp3) is 0.455. The number of hydrogen-bond donors (Lipinski definition) is 1. The van der Waals surface area contributed by atoms with E-state index in [-0.39, 0.29) is 5.82 Å². The average Bonchev–Trinajstić information content (AvgIpc) is 3.24. The molecule has 1 N–H and O–H groups in total. The van der Waals surface area contributed by atoms with Crippen molar-refractivity contribution in [3.8, 4) is 11.4 Å². The van der Waals surface area contributed by atoms with E-state index in [9.17, 15) is 4.39 Å². The second-order valence-electron chi connectivity index (χ2n) is 8.25. The highest BCUT2D eigenvalue weighted by molar-refractivity contribution is 7.80. The molecule has 1 aromatic carbocycles. The molecule has 1 aliphatic carbocycles. The third-order valence-corrected chi connectivity index (χ3v) is 6.55. The molecule has 0 bridgehead atoms. The zero-order chi connectivity index (χ0) is 21.2. The van der Waals surface area contributed by atoms with Gasteiger partial charge in [-0.3, -0.25) is 0 Å². The molecular formula is C22H26FN7S. The normalized spacial score (nSPS) is 17.8. The van der Waals surface area contributed by atoms with Crippen molar-refractivity contribution in [2.45, 2.75) is 38.1 Å². The minimum absolute atomic E-state index is 0.278. The van der Waals surface area contributed by atoms with Gasteiger partial charge in [-0.05, 0) is 61.5 Å². The minimum atomic E-state index is -0.278. The molecule has 0 spiro atoms. The van der Waals surface area contributed by atoms with Gasteiger partial charge in [0, 0.05) is 37.8 Å². The van der Waals surface area contributed by atoms with Gasteiger partial charge in [-0.1, -0.05) is 19.3 Å². The van der Waals surface area contributed by atoms with Gasteiger partial charge in [-0.15, -0.1) is 15.3 Å². The van der Waals surface area contributed by atoms with Gasteiger partial charge in [0.25, 0.3) is 0 Å². The first kappa shape index (κ1) is 20.1. The maximum atomic E-state index is 13.3. The van der Waals surface area contributed by atoms with Gasteiger partial charge in [-0.25, -0.2) is 4.39 Å². The molecule has 31 heavy (non-hydrogen) atoms. The number of anilines is 1. The topological polar surface area (TPSA) is 61.6 Å². The van der Waals surface area contributed by atoms with Crippen LogP contribution in [0.1, 0.15) is 32.1 Å². The lowest BCUT2D eigenvalue weighted by atomic mass is 9.96. The predicted molar refractivity (Wildman–Crippen MR) is 123 cm³/mol. The molecule has 0 atom stereocenters. The molecule has 7 nitrogen and oxygen atoms in total. The molecule has 5 rings (SSSR count). The zero-order valence-electron chi connectivity index (χ0n) is 17.4. The highest BCUT2D eigenvalue weighted by Crippen LogP contribution is 2.21. The summed E-state index contributed by atoms with van der Waals surface area (Å²) in [6.45, 7) is 3.43. The summed E-state index contributed by atoms with van der Waals surface area (Å²) >= 11 is 5.68. The number of hydrogen-bond acceptors (Lipinski definition) is 5. The molecule has 0 radical (unpaired) electrons. The SMILES string of the molecule is Fc1ccc(-c2nnc3ccc(N4CCN(C(=S)NC5CCCCC5)CC4)nn23)cc1. The van der Waals surface area contributed by atoms with Gasteiger partial charge in [0.1, 0.15) is 11.6 Å². The number of piperazine rings is 1. The number of fused-ring (bicyclic) bond motifs is 1. The van der Waals surface area contributed by atoms with Crippen LogP contribution in [-0.4, -0.2) is 62.0 Å². The number of aromatic nitrogens is 4. The van der Waals surface area contributed by atoms with Crippen molar-refractivity contribution in [3.05, 3.63) is 42.2 Å². The van der Waals surface area contributed by atoms with Gasteiger partial charge in [-0.2, -0.15) is 4.52 Å². The van der Waals surface area contributed by atoms with Crippen molar-refractivity contribution in [1.82, 2.24) is 30.0 Å². The second kappa shape index (κ2) is 8.74. The maximum absolute atomic E-state index is 13.3. The standard InChI is InChI=1S/C22H26FN7S/c23-17-8-6-16(7-9-17)21-26-25-19-10-11-20(27-30(19)21)28-12-14-29(15-13-28)22(31)24-18-4-2-1-3-5-18/h6-11,18H,1-5,12-15H2,(H,24,31). The lowest BCUT2D eigenvalue weighted by Crippen LogP contribution is -2.53. The summed E-state index contributed by atoms with van der Waals surface area (Å²) < 4.78 is 15.0. The average molecular weight is 440 g/mol. The van der Waals surface area contributed by atoms with E-state index in [2.05, 4.69) is 25.3 Å². The summed E-state index contributed by atoms with van der Waals surface area (Å²) in [5, 5.41) is 17.7. The first-order chi connectivity index (χ1) is 15.2. The van der Waals surface area contributed by atoms with Crippen molar-refractivity contribution in [3.63, 3.8) is 0 Å². The number of nitrogens with zero attached hydrogens (tertiary/aromatic N) is 6. The van der Waals surface area contributed by atoms with E-state index in [4.69, 9.17) is 17.3 Å². The molecule has 9 heteroatoms. The fourth-order valence-electron chi connectivity index (χ4n) is 4.38. The molecule has 1 aliphatic heterocycles. The minimum Gasteiger partial charge on any atom is -0.360 e. The Morgan fingerprint density at radius 2 is 1.68 bits per heavy atom.